The molecule has 2 aromatic heterocycles. The number of piperidine rings is 1. The molecule has 3 heterocycles. The van der Waals surface area contributed by atoms with Crippen LogP contribution in [-0.2, 0) is 4.74 Å². The molecule has 25 heavy (non-hydrogen) atoms. The van der Waals surface area contributed by atoms with Crippen molar-refractivity contribution in [3.63, 3.8) is 0 Å². The number of anilines is 1. The Morgan fingerprint density at radius 1 is 1.28 bits per heavy atom. The molecule has 1 saturated heterocycles. The van der Waals surface area contributed by atoms with Crippen LogP contribution in [0.1, 0.15) is 33.6 Å². The lowest BCUT2D eigenvalue weighted by Crippen LogP contribution is -2.49. The molecule has 1 unspecified atom stereocenters. The van der Waals surface area contributed by atoms with Gasteiger partial charge in [0.15, 0.2) is 11.2 Å². The fourth-order valence-electron chi connectivity index (χ4n) is 2.83. The van der Waals surface area contributed by atoms with E-state index in [-0.39, 0.29) is 17.2 Å². The molecular formula is C15H22N6O4. The molecule has 0 saturated carbocycles. The Labute approximate surface area is 143 Å². The van der Waals surface area contributed by atoms with E-state index in [9.17, 15) is 14.4 Å². The number of fused-ring (bicyclic) bond motifs is 1. The second-order valence-electron chi connectivity index (χ2n) is 7.12. The van der Waals surface area contributed by atoms with Crippen LogP contribution in [0.15, 0.2) is 9.59 Å². The molecule has 2 aromatic rings. The molecule has 1 aliphatic heterocycles. The topological polar surface area (TPSA) is 136 Å². The minimum Gasteiger partial charge on any atom is -0.444 e. The highest BCUT2D eigenvalue weighted by molar-refractivity contribution is 5.72. The second kappa shape index (κ2) is 6.26. The van der Waals surface area contributed by atoms with Crippen LogP contribution in [0.25, 0.3) is 11.2 Å². The van der Waals surface area contributed by atoms with Crippen molar-refractivity contribution in [1.82, 2.24) is 25.3 Å². The minimum absolute atomic E-state index is 0.0888. The van der Waals surface area contributed by atoms with Crippen molar-refractivity contribution in [1.29, 1.82) is 0 Å². The Morgan fingerprint density at radius 2 is 2.04 bits per heavy atom. The fourth-order valence-corrected chi connectivity index (χ4v) is 2.83. The molecule has 4 N–H and O–H groups in total. The molecule has 0 aromatic carbocycles. The molecule has 0 spiro atoms. The van der Waals surface area contributed by atoms with E-state index in [1.807, 2.05) is 25.7 Å². The van der Waals surface area contributed by atoms with Gasteiger partial charge in [-0.1, -0.05) is 0 Å². The summed E-state index contributed by atoms with van der Waals surface area (Å²) >= 11 is 0. The number of H-pyrrole nitrogens is 3. The van der Waals surface area contributed by atoms with Gasteiger partial charge in [-0.3, -0.25) is 14.8 Å². The molecule has 1 fully saturated rings. The maximum Gasteiger partial charge on any atom is 0.407 e. The summed E-state index contributed by atoms with van der Waals surface area (Å²) in [6.07, 6.45) is 1.22. The van der Waals surface area contributed by atoms with Gasteiger partial charge in [-0.2, -0.15) is 4.98 Å². The predicted octanol–water partition coefficient (Wildman–Crippen LogP) is 0.433. The van der Waals surface area contributed by atoms with Gasteiger partial charge in [0.05, 0.1) is 0 Å². The molecule has 1 aliphatic rings. The van der Waals surface area contributed by atoms with E-state index >= 15 is 0 Å². The van der Waals surface area contributed by atoms with Gasteiger partial charge in [0.25, 0.3) is 5.56 Å². The van der Waals surface area contributed by atoms with Gasteiger partial charge in [0.1, 0.15) is 5.60 Å². The highest BCUT2D eigenvalue weighted by atomic mass is 16.6. The normalized spacial score (nSPS) is 18.4. The number of hydrogen-bond donors (Lipinski definition) is 4. The maximum absolute atomic E-state index is 11.9. The van der Waals surface area contributed by atoms with Crippen LogP contribution < -0.4 is 21.5 Å². The number of nitrogens with zero attached hydrogens (tertiary/aromatic N) is 2. The molecule has 0 bridgehead atoms. The van der Waals surface area contributed by atoms with E-state index in [2.05, 4.69) is 25.3 Å². The summed E-state index contributed by atoms with van der Waals surface area (Å²) < 4.78 is 5.28. The molecule has 3 rings (SSSR count). The molecule has 136 valence electrons. The van der Waals surface area contributed by atoms with Crippen molar-refractivity contribution in [2.75, 3.05) is 18.0 Å². The van der Waals surface area contributed by atoms with Crippen molar-refractivity contribution >= 4 is 23.2 Å². The lowest BCUT2D eigenvalue weighted by atomic mass is 10.1. The third-order valence-electron chi connectivity index (χ3n) is 3.82. The standard InChI is InChI=1S/C15H22N6O4/c1-15(2,3)25-14(24)16-8-5-4-6-21(7-8)12-17-9-10(18-12)19-13(23)20-11(9)22/h8H,4-7H2,1-3H3,(H,16,24)(H3,17,18,19,20,22,23). The first-order valence-electron chi connectivity index (χ1n) is 8.18. The molecular weight excluding hydrogens is 328 g/mol. The maximum atomic E-state index is 11.9. The summed E-state index contributed by atoms with van der Waals surface area (Å²) in [6, 6.07) is -0.0888. The Kier molecular flexibility index (Phi) is 4.27. The van der Waals surface area contributed by atoms with Crippen molar-refractivity contribution in [2.24, 2.45) is 0 Å². The SMILES string of the molecule is CC(C)(C)OC(=O)NC1CCCN(c2nc3[nH]c(=O)[nH]c(=O)c3[nH]2)C1. The third-order valence-corrected chi connectivity index (χ3v) is 3.82. The second-order valence-corrected chi connectivity index (χ2v) is 7.12. The van der Waals surface area contributed by atoms with Crippen molar-refractivity contribution in [2.45, 2.75) is 45.3 Å². The van der Waals surface area contributed by atoms with Crippen molar-refractivity contribution in [3.8, 4) is 0 Å². The van der Waals surface area contributed by atoms with Crippen LogP contribution in [-0.4, -0.2) is 50.8 Å². The number of hydrogen-bond acceptors (Lipinski definition) is 6. The molecule has 10 nitrogen and oxygen atoms in total. The lowest BCUT2D eigenvalue weighted by Gasteiger charge is -2.33. The van der Waals surface area contributed by atoms with E-state index in [0.717, 1.165) is 19.4 Å². The molecule has 1 atom stereocenters. The molecule has 10 heteroatoms. The monoisotopic (exact) mass is 350 g/mol. The Bertz CT molecular complexity index is 890. The first-order chi connectivity index (χ1) is 11.7. The van der Waals surface area contributed by atoms with Crippen molar-refractivity contribution in [3.05, 3.63) is 20.8 Å². The molecule has 0 radical (unpaired) electrons. The summed E-state index contributed by atoms with van der Waals surface area (Å²) in [5.41, 5.74) is -1.23. The summed E-state index contributed by atoms with van der Waals surface area (Å²) in [7, 11) is 0. The first-order valence-corrected chi connectivity index (χ1v) is 8.18. The quantitative estimate of drug-likeness (QED) is 0.620. The van der Waals surface area contributed by atoms with Gasteiger partial charge in [0, 0.05) is 19.1 Å². The van der Waals surface area contributed by atoms with E-state index in [4.69, 9.17) is 4.74 Å². The number of aromatic nitrogens is 4. The highest BCUT2D eigenvalue weighted by Gasteiger charge is 2.26. The lowest BCUT2D eigenvalue weighted by molar-refractivity contribution is 0.0500. The number of imidazole rings is 1. The minimum atomic E-state index is -0.598. The fraction of sp³-hybridized carbons (Fsp3) is 0.600. The largest absolute Gasteiger partial charge is 0.444 e. The summed E-state index contributed by atoms with van der Waals surface area (Å²) in [6.45, 7) is 6.70. The molecule has 0 aliphatic carbocycles. The van der Waals surface area contributed by atoms with Crippen LogP contribution >= 0.6 is 0 Å². The van der Waals surface area contributed by atoms with Crippen LogP contribution in [0.2, 0.25) is 0 Å². The number of nitrogens with one attached hydrogen (secondary N) is 4. The average molecular weight is 350 g/mol. The van der Waals surface area contributed by atoms with Gasteiger partial charge in [-0.25, -0.2) is 9.59 Å². The number of carbonyl (C=O) groups excluding carboxylic acids is 1. The third kappa shape index (κ3) is 4.01. The summed E-state index contributed by atoms with van der Waals surface area (Å²) in [5, 5.41) is 2.86. The van der Waals surface area contributed by atoms with Gasteiger partial charge in [-0.15, -0.1) is 0 Å². The smallest absolute Gasteiger partial charge is 0.407 e. The number of aromatic amines is 3. The van der Waals surface area contributed by atoms with Gasteiger partial charge >= 0.3 is 11.8 Å². The zero-order valence-corrected chi connectivity index (χ0v) is 14.4. The Morgan fingerprint density at radius 3 is 2.76 bits per heavy atom. The van der Waals surface area contributed by atoms with E-state index in [1.165, 1.54) is 0 Å². The van der Waals surface area contributed by atoms with E-state index < -0.39 is 22.9 Å². The number of rotatable bonds is 2. The van der Waals surface area contributed by atoms with Crippen LogP contribution in [0.4, 0.5) is 10.7 Å². The highest BCUT2D eigenvalue weighted by Crippen LogP contribution is 2.18. The number of amides is 1. The first kappa shape index (κ1) is 17.1. The zero-order valence-electron chi connectivity index (χ0n) is 14.4. The van der Waals surface area contributed by atoms with E-state index in [1.54, 1.807) is 0 Å². The molecule has 1 amide bonds. The van der Waals surface area contributed by atoms with E-state index in [0.29, 0.717) is 12.5 Å². The average Bonchev–Trinajstić information content (AvgIpc) is 2.89. The summed E-state index contributed by atoms with van der Waals surface area (Å²) in [5.74, 6) is 0.484. The number of carbonyl (C=O) groups is 1. The van der Waals surface area contributed by atoms with Gasteiger partial charge < -0.3 is 19.9 Å². The number of ether oxygens (including phenoxy) is 1. The van der Waals surface area contributed by atoms with Crippen LogP contribution in [0, 0.1) is 0 Å². The Balaban J connectivity index is 1.73. The van der Waals surface area contributed by atoms with Crippen molar-refractivity contribution < 1.29 is 9.53 Å². The Hall–Kier alpha value is -2.78. The van der Waals surface area contributed by atoms with Crippen LogP contribution in [0.5, 0.6) is 0 Å². The predicted molar refractivity (Wildman–Crippen MR) is 91.9 cm³/mol. The zero-order chi connectivity index (χ0) is 18.2. The van der Waals surface area contributed by atoms with Gasteiger partial charge in [-0.05, 0) is 33.6 Å². The van der Waals surface area contributed by atoms with Gasteiger partial charge in [0.2, 0.25) is 5.95 Å². The summed E-state index contributed by atoms with van der Waals surface area (Å²) in [4.78, 5) is 48.9. The van der Waals surface area contributed by atoms with Crippen LogP contribution in [0.3, 0.4) is 0 Å². The number of alkyl carbamates (subject to hydrolysis) is 1.